The van der Waals surface area contributed by atoms with Crippen LogP contribution in [0.5, 0.6) is 0 Å². The molecule has 1 aliphatic rings. The molecule has 0 amide bonds. The molecule has 20 heavy (non-hydrogen) atoms. The second-order valence-electron chi connectivity index (χ2n) is 6.34. The van der Waals surface area contributed by atoms with E-state index in [0.29, 0.717) is 12.1 Å². The average molecular weight is 343 g/mol. The predicted octanol–water partition coefficient (Wildman–Crippen LogP) is 3.36. The highest BCUT2D eigenvalue weighted by Crippen LogP contribution is 2.45. The monoisotopic (exact) mass is 342 g/mol. The maximum Gasteiger partial charge on any atom is 0.0717 e. The van der Waals surface area contributed by atoms with Gasteiger partial charge in [-0.1, -0.05) is 12.8 Å². The summed E-state index contributed by atoms with van der Waals surface area (Å²) in [4.78, 5) is 2.41. The largest absolute Gasteiger partial charge is 0.310 e. The molecule has 1 aromatic heterocycles. The molecule has 1 aromatic rings. The smallest absolute Gasteiger partial charge is 0.0717 e. The lowest BCUT2D eigenvalue weighted by molar-refractivity contribution is 0.103. The van der Waals surface area contributed by atoms with Gasteiger partial charge >= 0.3 is 0 Å². The first-order chi connectivity index (χ1) is 9.44. The van der Waals surface area contributed by atoms with Crippen molar-refractivity contribution >= 4 is 15.9 Å². The molecule has 0 bridgehead atoms. The van der Waals surface area contributed by atoms with Crippen LogP contribution in [0, 0.1) is 0 Å². The van der Waals surface area contributed by atoms with Crippen molar-refractivity contribution in [3.05, 3.63) is 16.4 Å². The molecule has 1 saturated carbocycles. The molecule has 0 aliphatic heterocycles. The third-order valence-corrected chi connectivity index (χ3v) is 5.35. The molecule has 4 nitrogen and oxygen atoms in total. The number of hydrogen-bond donors (Lipinski definition) is 1. The molecule has 0 spiro atoms. The minimum Gasteiger partial charge on any atom is -0.310 e. The number of aromatic nitrogens is 2. The predicted molar refractivity (Wildman–Crippen MR) is 87.0 cm³/mol. The lowest BCUT2D eigenvalue weighted by atomic mass is 9.84. The maximum absolute atomic E-state index is 4.56. The molecule has 2 rings (SSSR count). The topological polar surface area (TPSA) is 33.1 Å². The Balaban J connectivity index is 2.49. The quantitative estimate of drug-likeness (QED) is 0.890. The number of likely N-dealkylation sites (N-methyl/N-ethyl adjacent to an activating group) is 2. The van der Waals surface area contributed by atoms with Crippen LogP contribution in [0.15, 0.2) is 10.7 Å². The summed E-state index contributed by atoms with van der Waals surface area (Å²) < 4.78 is 3.26. The van der Waals surface area contributed by atoms with E-state index in [1.54, 1.807) is 0 Å². The summed E-state index contributed by atoms with van der Waals surface area (Å²) in [5.41, 5.74) is 1.46. The van der Waals surface area contributed by atoms with Gasteiger partial charge in [-0.25, -0.2) is 0 Å². The van der Waals surface area contributed by atoms with Crippen molar-refractivity contribution in [2.24, 2.45) is 0 Å². The first kappa shape index (κ1) is 16.0. The molecule has 1 unspecified atom stereocenters. The van der Waals surface area contributed by atoms with Gasteiger partial charge in [0.2, 0.25) is 0 Å². The van der Waals surface area contributed by atoms with Crippen LogP contribution in [-0.4, -0.2) is 41.4 Å². The van der Waals surface area contributed by atoms with Gasteiger partial charge in [0.15, 0.2) is 0 Å². The van der Waals surface area contributed by atoms with Gasteiger partial charge in [0, 0.05) is 11.6 Å². The van der Waals surface area contributed by atoms with Crippen molar-refractivity contribution in [3.63, 3.8) is 0 Å². The number of nitrogens with one attached hydrogen (secondary N) is 1. The lowest BCUT2D eigenvalue weighted by Gasteiger charge is -2.43. The van der Waals surface area contributed by atoms with Crippen LogP contribution in [0.1, 0.15) is 57.3 Å². The fourth-order valence-electron chi connectivity index (χ4n) is 3.67. The zero-order valence-corrected chi connectivity index (χ0v) is 14.9. The molecule has 1 N–H and O–H groups in total. The fourth-order valence-corrected chi connectivity index (χ4v) is 4.18. The maximum atomic E-state index is 4.56. The van der Waals surface area contributed by atoms with Gasteiger partial charge in [-0.05, 0) is 63.8 Å². The van der Waals surface area contributed by atoms with Crippen molar-refractivity contribution < 1.29 is 0 Å². The summed E-state index contributed by atoms with van der Waals surface area (Å²) in [5.74, 6) is 0. The van der Waals surface area contributed by atoms with Crippen LogP contribution in [0.25, 0.3) is 0 Å². The molecule has 114 valence electrons. The average Bonchev–Trinajstić information content (AvgIpc) is 3.00. The zero-order valence-electron chi connectivity index (χ0n) is 13.3. The van der Waals surface area contributed by atoms with Crippen LogP contribution >= 0.6 is 15.9 Å². The Morgan fingerprint density at radius 1 is 1.35 bits per heavy atom. The first-order valence-corrected chi connectivity index (χ1v) is 8.31. The highest BCUT2D eigenvalue weighted by Gasteiger charge is 2.45. The molecule has 0 aromatic carbocycles. The molecule has 0 saturated heterocycles. The van der Waals surface area contributed by atoms with Crippen LogP contribution in [0.4, 0.5) is 0 Å². The summed E-state index contributed by atoms with van der Waals surface area (Å²) in [6.07, 6.45) is 7.02. The van der Waals surface area contributed by atoms with Crippen LogP contribution in [0.3, 0.4) is 0 Å². The first-order valence-electron chi connectivity index (χ1n) is 7.51. The van der Waals surface area contributed by atoms with Gasteiger partial charge in [-0.3, -0.25) is 4.68 Å². The Hall–Kier alpha value is -0.390. The molecule has 0 radical (unpaired) electrons. The van der Waals surface area contributed by atoms with Gasteiger partial charge in [-0.2, -0.15) is 5.10 Å². The van der Waals surface area contributed by atoms with Crippen LogP contribution < -0.4 is 5.32 Å². The number of hydrogen-bond acceptors (Lipinski definition) is 3. The second kappa shape index (κ2) is 6.16. The summed E-state index contributed by atoms with van der Waals surface area (Å²) in [5, 5.41) is 8.13. The van der Waals surface area contributed by atoms with Gasteiger partial charge in [-0.15, -0.1) is 0 Å². The molecule has 1 fully saturated rings. The van der Waals surface area contributed by atoms with E-state index in [9.17, 15) is 0 Å². The fraction of sp³-hybridized carbons (Fsp3) is 0.800. The lowest BCUT2D eigenvalue weighted by Crippen LogP contribution is -2.52. The SMILES string of the molecule is CNC(c1c(Br)cnn1C(C)C)C1(N(C)C)CCCC1. The van der Waals surface area contributed by atoms with Crippen molar-refractivity contribution in [2.75, 3.05) is 21.1 Å². The Morgan fingerprint density at radius 3 is 2.40 bits per heavy atom. The standard InChI is InChI=1S/C15H27BrN4/c1-11(2)20-13(12(16)10-18-20)14(17-3)15(19(4)5)8-6-7-9-15/h10-11,14,17H,6-9H2,1-5H3. The van der Waals surface area contributed by atoms with Gasteiger partial charge in [0.1, 0.15) is 0 Å². The molecule has 1 aliphatic carbocycles. The van der Waals surface area contributed by atoms with Gasteiger partial charge < -0.3 is 10.2 Å². The Bertz CT molecular complexity index is 447. The third-order valence-electron chi connectivity index (χ3n) is 4.74. The zero-order chi connectivity index (χ0) is 14.9. The van der Waals surface area contributed by atoms with Crippen LogP contribution in [-0.2, 0) is 0 Å². The number of nitrogens with zero attached hydrogens (tertiary/aromatic N) is 3. The summed E-state index contributed by atoms with van der Waals surface area (Å²) >= 11 is 3.71. The highest BCUT2D eigenvalue weighted by atomic mass is 79.9. The van der Waals surface area contributed by atoms with Crippen molar-refractivity contribution in [1.82, 2.24) is 20.0 Å². The van der Waals surface area contributed by atoms with Crippen molar-refractivity contribution in [1.29, 1.82) is 0 Å². The summed E-state index contributed by atoms with van der Waals surface area (Å²) in [6, 6.07) is 0.659. The number of rotatable bonds is 5. The highest BCUT2D eigenvalue weighted by molar-refractivity contribution is 9.10. The van der Waals surface area contributed by atoms with E-state index in [4.69, 9.17) is 0 Å². The molecular weight excluding hydrogens is 316 g/mol. The minimum atomic E-state index is 0.184. The van der Waals surface area contributed by atoms with E-state index in [0.717, 1.165) is 4.47 Å². The van der Waals surface area contributed by atoms with E-state index >= 15 is 0 Å². The summed E-state index contributed by atoms with van der Waals surface area (Å²) in [7, 11) is 6.48. The molecule has 1 atom stereocenters. The number of halogens is 1. The van der Waals surface area contributed by atoms with Crippen molar-refractivity contribution in [3.8, 4) is 0 Å². The Morgan fingerprint density at radius 2 is 1.95 bits per heavy atom. The second-order valence-corrected chi connectivity index (χ2v) is 7.20. The van der Waals surface area contributed by atoms with E-state index in [1.165, 1.54) is 31.4 Å². The van der Waals surface area contributed by atoms with E-state index in [1.807, 2.05) is 6.20 Å². The molecule has 5 heteroatoms. The molecule has 1 heterocycles. The third kappa shape index (κ3) is 2.55. The van der Waals surface area contributed by atoms with E-state index in [-0.39, 0.29) is 5.54 Å². The van der Waals surface area contributed by atoms with Crippen LogP contribution in [0.2, 0.25) is 0 Å². The Kier molecular flexibility index (Phi) is 4.92. The van der Waals surface area contributed by atoms with Gasteiger partial charge in [0.25, 0.3) is 0 Å². The summed E-state index contributed by atoms with van der Waals surface area (Å²) in [6.45, 7) is 4.37. The van der Waals surface area contributed by atoms with E-state index < -0.39 is 0 Å². The minimum absolute atomic E-state index is 0.184. The van der Waals surface area contributed by atoms with Gasteiger partial charge in [0.05, 0.1) is 22.4 Å². The normalized spacial score (nSPS) is 20.0. The molecular formula is C15H27BrN4. The Labute approximate surface area is 131 Å². The van der Waals surface area contributed by atoms with E-state index in [2.05, 4.69) is 70.9 Å². The van der Waals surface area contributed by atoms with Crippen molar-refractivity contribution in [2.45, 2.75) is 57.2 Å².